The van der Waals surface area contributed by atoms with Gasteiger partial charge in [-0.2, -0.15) is 0 Å². The van der Waals surface area contributed by atoms with Crippen LogP contribution in [0.1, 0.15) is 72.9 Å². The number of nitrogens with zero attached hydrogens (tertiary/aromatic N) is 1. The van der Waals surface area contributed by atoms with E-state index in [4.69, 9.17) is 4.42 Å². The lowest BCUT2D eigenvalue weighted by atomic mass is 9.93. The van der Waals surface area contributed by atoms with E-state index in [1.54, 1.807) is 6.07 Å². The van der Waals surface area contributed by atoms with Gasteiger partial charge in [-0.3, -0.25) is 9.69 Å². The maximum atomic E-state index is 12.1. The summed E-state index contributed by atoms with van der Waals surface area (Å²) in [5.74, 6) is 1.17. The zero-order valence-electron chi connectivity index (χ0n) is 16.7. The number of furan rings is 1. The maximum Gasteiger partial charge on any atom is 0.286 e. The molecule has 146 valence electrons. The Morgan fingerprint density at radius 3 is 2.70 bits per heavy atom. The summed E-state index contributed by atoms with van der Waals surface area (Å²) in [6.45, 7) is 6.53. The number of amides is 1. The Balaban J connectivity index is 1.71. The number of nitrogens with one attached hydrogen (secondary N) is 1. The summed E-state index contributed by atoms with van der Waals surface area (Å²) >= 11 is 0. The van der Waals surface area contributed by atoms with Crippen molar-refractivity contribution >= 4 is 5.91 Å². The molecule has 0 unspecified atom stereocenters. The van der Waals surface area contributed by atoms with Crippen LogP contribution in [-0.4, -0.2) is 23.4 Å². The lowest BCUT2D eigenvalue weighted by Gasteiger charge is -2.34. The molecule has 0 radical (unpaired) electrons. The van der Waals surface area contributed by atoms with Gasteiger partial charge >= 0.3 is 0 Å². The van der Waals surface area contributed by atoms with Gasteiger partial charge in [0, 0.05) is 19.1 Å². The highest BCUT2D eigenvalue weighted by molar-refractivity contribution is 5.91. The van der Waals surface area contributed by atoms with E-state index >= 15 is 0 Å². The maximum absolute atomic E-state index is 12.1. The molecule has 1 aliphatic carbocycles. The number of aryl methyl sites for hydroxylation is 1. The fourth-order valence-electron chi connectivity index (χ4n) is 3.92. The summed E-state index contributed by atoms with van der Waals surface area (Å²) in [6.07, 6.45) is 7.37. The normalized spacial score (nSPS) is 15.2. The van der Waals surface area contributed by atoms with Gasteiger partial charge < -0.3 is 9.73 Å². The first-order valence-corrected chi connectivity index (χ1v) is 10.3. The molecule has 1 saturated carbocycles. The predicted octanol–water partition coefficient (Wildman–Crippen LogP) is 5.06. The summed E-state index contributed by atoms with van der Waals surface area (Å²) in [4.78, 5) is 14.6. The van der Waals surface area contributed by atoms with Crippen LogP contribution < -0.4 is 5.32 Å². The van der Waals surface area contributed by atoms with Gasteiger partial charge in [-0.25, -0.2) is 0 Å². The third kappa shape index (κ3) is 5.70. The van der Waals surface area contributed by atoms with Crippen LogP contribution in [0, 0.1) is 6.92 Å². The van der Waals surface area contributed by atoms with Crippen LogP contribution >= 0.6 is 0 Å². The Labute approximate surface area is 162 Å². The standard InChI is InChI=1S/C23H32N2O2/c1-3-14-24-23(26)22-13-12-21(27-22)17-25(20-10-5-4-6-11-20)16-19-9-7-8-18(2)15-19/h7-9,12-13,15,20H,3-6,10-11,14,16-17H2,1-2H3,(H,24,26). The zero-order chi connectivity index (χ0) is 19.1. The molecule has 0 saturated heterocycles. The summed E-state index contributed by atoms with van der Waals surface area (Å²) < 4.78 is 5.87. The topological polar surface area (TPSA) is 45.5 Å². The van der Waals surface area contributed by atoms with Crippen LogP contribution in [0.5, 0.6) is 0 Å². The first-order chi connectivity index (χ1) is 13.2. The summed E-state index contributed by atoms with van der Waals surface area (Å²) in [6, 6.07) is 13.1. The van der Waals surface area contributed by atoms with Crippen molar-refractivity contribution in [1.29, 1.82) is 0 Å². The second-order valence-electron chi connectivity index (χ2n) is 7.71. The molecular weight excluding hydrogens is 336 g/mol. The van der Waals surface area contributed by atoms with Gasteiger partial charge in [-0.05, 0) is 43.9 Å². The van der Waals surface area contributed by atoms with Crippen molar-refractivity contribution in [2.45, 2.75) is 71.5 Å². The first kappa shape index (κ1) is 19.7. The Hall–Kier alpha value is -2.07. The van der Waals surface area contributed by atoms with Gasteiger partial charge in [0.25, 0.3) is 5.91 Å². The van der Waals surface area contributed by atoms with Gasteiger partial charge in [0.2, 0.25) is 0 Å². The molecule has 1 aromatic heterocycles. The molecule has 2 aromatic rings. The number of carbonyl (C=O) groups is 1. The van der Waals surface area contributed by atoms with Crippen molar-refractivity contribution in [3.8, 4) is 0 Å². The molecule has 1 heterocycles. The van der Waals surface area contributed by atoms with E-state index in [0.717, 1.165) is 25.3 Å². The second-order valence-corrected chi connectivity index (χ2v) is 7.71. The molecule has 0 atom stereocenters. The average molecular weight is 369 g/mol. The quantitative estimate of drug-likeness (QED) is 0.708. The fraction of sp³-hybridized carbons (Fsp3) is 0.522. The van der Waals surface area contributed by atoms with E-state index in [0.29, 0.717) is 18.3 Å². The van der Waals surface area contributed by atoms with Crippen LogP contribution in [-0.2, 0) is 13.1 Å². The summed E-state index contributed by atoms with van der Waals surface area (Å²) in [5.41, 5.74) is 2.64. The smallest absolute Gasteiger partial charge is 0.286 e. The molecule has 1 aromatic carbocycles. The minimum absolute atomic E-state index is 0.119. The van der Waals surface area contributed by atoms with E-state index in [1.165, 1.54) is 43.2 Å². The molecule has 3 rings (SSSR count). The highest BCUT2D eigenvalue weighted by Crippen LogP contribution is 2.26. The largest absolute Gasteiger partial charge is 0.455 e. The molecule has 1 aliphatic rings. The SMILES string of the molecule is CCCNC(=O)c1ccc(CN(Cc2cccc(C)c2)C2CCCCC2)o1. The molecule has 1 fully saturated rings. The molecule has 0 bridgehead atoms. The number of hydrogen-bond donors (Lipinski definition) is 1. The molecule has 4 nitrogen and oxygen atoms in total. The Kier molecular flexibility index (Phi) is 7.11. The lowest BCUT2D eigenvalue weighted by molar-refractivity contribution is 0.0916. The highest BCUT2D eigenvalue weighted by Gasteiger charge is 2.23. The van der Waals surface area contributed by atoms with E-state index in [-0.39, 0.29) is 5.91 Å². The van der Waals surface area contributed by atoms with Crippen molar-refractivity contribution < 1.29 is 9.21 Å². The van der Waals surface area contributed by atoms with Crippen molar-refractivity contribution in [2.24, 2.45) is 0 Å². The van der Waals surface area contributed by atoms with E-state index in [9.17, 15) is 4.79 Å². The van der Waals surface area contributed by atoms with Crippen molar-refractivity contribution in [1.82, 2.24) is 10.2 Å². The summed E-state index contributed by atoms with van der Waals surface area (Å²) in [7, 11) is 0. The molecule has 1 amide bonds. The minimum atomic E-state index is -0.119. The second kappa shape index (κ2) is 9.75. The third-order valence-corrected chi connectivity index (χ3v) is 5.34. The summed E-state index contributed by atoms with van der Waals surface area (Å²) in [5, 5.41) is 2.88. The molecule has 0 aliphatic heterocycles. The Morgan fingerprint density at radius 1 is 1.15 bits per heavy atom. The highest BCUT2D eigenvalue weighted by atomic mass is 16.4. The van der Waals surface area contributed by atoms with Gasteiger partial charge in [0.15, 0.2) is 5.76 Å². The number of rotatable bonds is 8. The van der Waals surface area contributed by atoms with Gasteiger partial charge in [-0.15, -0.1) is 0 Å². The van der Waals surface area contributed by atoms with Gasteiger partial charge in [-0.1, -0.05) is 56.0 Å². The molecule has 0 spiro atoms. The van der Waals surface area contributed by atoms with Crippen molar-refractivity contribution in [2.75, 3.05) is 6.54 Å². The van der Waals surface area contributed by atoms with Crippen LogP contribution in [0.15, 0.2) is 40.8 Å². The number of hydrogen-bond acceptors (Lipinski definition) is 3. The van der Waals surface area contributed by atoms with Crippen LogP contribution in [0.2, 0.25) is 0 Å². The number of benzene rings is 1. The lowest BCUT2D eigenvalue weighted by Crippen LogP contribution is -2.35. The molecule has 27 heavy (non-hydrogen) atoms. The molecule has 4 heteroatoms. The van der Waals surface area contributed by atoms with E-state index in [1.807, 2.05) is 13.0 Å². The van der Waals surface area contributed by atoms with Gasteiger partial charge in [0.1, 0.15) is 5.76 Å². The van der Waals surface area contributed by atoms with E-state index in [2.05, 4.69) is 41.4 Å². The van der Waals surface area contributed by atoms with Crippen LogP contribution in [0.3, 0.4) is 0 Å². The fourth-order valence-corrected chi connectivity index (χ4v) is 3.92. The van der Waals surface area contributed by atoms with Crippen LogP contribution in [0.4, 0.5) is 0 Å². The van der Waals surface area contributed by atoms with Crippen molar-refractivity contribution in [3.05, 3.63) is 59.0 Å². The zero-order valence-corrected chi connectivity index (χ0v) is 16.7. The van der Waals surface area contributed by atoms with Crippen LogP contribution in [0.25, 0.3) is 0 Å². The Bertz CT molecular complexity index is 731. The van der Waals surface area contributed by atoms with E-state index < -0.39 is 0 Å². The molecule has 1 N–H and O–H groups in total. The average Bonchev–Trinajstić information content (AvgIpc) is 3.15. The van der Waals surface area contributed by atoms with Gasteiger partial charge in [0.05, 0.1) is 6.54 Å². The third-order valence-electron chi connectivity index (χ3n) is 5.34. The first-order valence-electron chi connectivity index (χ1n) is 10.3. The predicted molar refractivity (Wildman–Crippen MR) is 109 cm³/mol. The Morgan fingerprint density at radius 2 is 1.96 bits per heavy atom. The van der Waals surface area contributed by atoms with Crippen molar-refractivity contribution in [3.63, 3.8) is 0 Å². The monoisotopic (exact) mass is 368 g/mol. The minimum Gasteiger partial charge on any atom is -0.455 e. The number of carbonyl (C=O) groups excluding carboxylic acids is 1. The molecular formula is C23H32N2O2.